The summed E-state index contributed by atoms with van der Waals surface area (Å²) in [5.74, 6) is 3.55. The molecule has 0 spiro atoms. The summed E-state index contributed by atoms with van der Waals surface area (Å²) in [5, 5.41) is 1.59. The van der Waals surface area contributed by atoms with Gasteiger partial charge < -0.3 is 28.4 Å². The third kappa shape index (κ3) is 4.49. The van der Waals surface area contributed by atoms with Crippen LogP contribution in [0.1, 0.15) is 16.7 Å². The second-order valence-electron chi connectivity index (χ2n) is 8.89. The highest BCUT2D eigenvalue weighted by atomic mass is 16.5. The summed E-state index contributed by atoms with van der Waals surface area (Å²) in [6.45, 7) is 0. The third-order valence-electron chi connectivity index (χ3n) is 6.95. The molecular weight excluding hydrogens is 506 g/mol. The van der Waals surface area contributed by atoms with Crippen LogP contribution in [0.2, 0.25) is 0 Å². The number of rotatable bonds is 8. The predicted octanol–water partition coefficient (Wildman–Crippen LogP) is 4.90. The van der Waals surface area contributed by atoms with Crippen molar-refractivity contribution in [2.24, 2.45) is 4.99 Å². The summed E-state index contributed by atoms with van der Waals surface area (Å²) in [6.07, 6.45) is 1.87. The van der Waals surface area contributed by atoms with Crippen LogP contribution in [0.25, 0.3) is 11.1 Å². The van der Waals surface area contributed by atoms with Gasteiger partial charge in [0.15, 0.2) is 0 Å². The molecule has 0 saturated heterocycles. The van der Waals surface area contributed by atoms with Gasteiger partial charge in [0.2, 0.25) is 0 Å². The van der Waals surface area contributed by atoms with Gasteiger partial charge in [0.05, 0.1) is 64.7 Å². The topological polar surface area (TPSA) is 67.7 Å². The van der Waals surface area contributed by atoms with Crippen LogP contribution in [0.3, 0.4) is 0 Å². The molecule has 0 N–H and O–H groups in total. The van der Waals surface area contributed by atoms with Crippen LogP contribution in [0.5, 0.6) is 34.5 Å². The molecule has 0 bridgehead atoms. The summed E-state index contributed by atoms with van der Waals surface area (Å²) in [4.78, 5) is 4.60. The normalized spacial score (nSPS) is 11.6. The van der Waals surface area contributed by atoms with E-state index in [4.69, 9.17) is 28.4 Å². The molecule has 1 heterocycles. The molecule has 0 fully saturated rings. The number of aliphatic imine (C=N–C) groups is 1. The van der Waals surface area contributed by atoms with Gasteiger partial charge >= 0.3 is 0 Å². The van der Waals surface area contributed by atoms with Crippen molar-refractivity contribution in [1.82, 2.24) is 0 Å². The lowest BCUT2D eigenvalue weighted by atomic mass is 9.91. The average molecular weight is 538 g/mol. The standard InChI is InChI=1S/C33H31NO6/c1-35-24-13-9-14-25(36-2)30(24)33(31-26(37-3)15-10-16-27(31)38-4)32-28(39-5)17-20(18-29(32)40-6)22-19-34-23-12-8-7-11-21(22)23/h7-19H,1-6H3. The number of fused-ring (bicyclic) bond motifs is 1. The second-order valence-corrected chi connectivity index (χ2v) is 8.89. The Morgan fingerprint density at radius 3 is 1.43 bits per heavy atom. The van der Waals surface area contributed by atoms with E-state index in [-0.39, 0.29) is 0 Å². The lowest BCUT2D eigenvalue weighted by Gasteiger charge is -2.22. The third-order valence-corrected chi connectivity index (χ3v) is 6.95. The molecule has 1 aliphatic rings. The van der Waals surface area contributed by atoms with Crippen LogP contribution in [0.4, 0.5) is 5.69 Å². The van der Waals surface area contributed by atoms with Gasteiger partial charge in [-0.15, -0.1) is 0 Å². The minimum atomic E-state index is 0.579. The summed E-state index contributed by atoms with van der Waals surface area (Å²) in [6, 6.07) is 23.3. The Kier molecular flexibility index (Phi) is 7.64. The van der Waals surface area contributed by atoms with E-state index in [1.165, 1.54) is 0 Å². The van der Waals surface area contributed by atoms with Gasteiger partial charge in [-0.2, -0.15) is 0 Å². The lowest BCUT2D eigenvalue weighted by molar-refractivity contribution is 0.383. The first-order valence-electron chi connectivity index (χ1n) is 12.7. The van der Waals surface area contributed by atoms with Crippen molar-refractivity contribution in [3.63, 3.8) is 0 Å². The number of benzene rings is 4. The Morgan fingerprint density at radius 2 is 0.975 bits per heavy atom. The molecule has 0 amide bonds. The molecule has 1 aliphatic heterocycles. The zero-order chi connectivity index (χ0) is 28.2. The first-order valence-corrected chi connectivity index (χ1v) is 12.7. The smallest absolute Gasteiger partial charge is 0.131 e. The van der Waals surface area contributed by atoms with Gasteiger partial charge in [-0.3, -0.25) is 4.99 Å². The fourth-order valence-corrected chi connectivity index (χ4v) is 5.13. The Morgan fingerprint density at radius 1 is 0.525 bits per heavy atom. The van der Waals surface area contributed by atoms with Crippen molar-refractivity contribution in [2.75, 3.05) is 42.7 Å². The highest BCUT2D eigenvalue weighted by Crippen LogP contribution is 2.44. The molecule has 40 heavy (non-hydrogen) atoms. The van der Waals surface area contributed by atoms with Gasteiger partial charge in [-0.1, -0.05) is 30.3 Å². The van der Waals surface area contributed by atoms with Crippen molar-refractivity contribution in [3.05, 3.63) is 99.9 Å². The number of methoxy groups -OCH3 is 6. The molecule has 4 aromatic carbocycles. The molecule has 0 atom stereocenters. The molecule has 204 valence electrons. The highest BCUT2D eigenvalue weighted by molar-refractivity contribution is 6.16. The zero-order valence-electron chi connectivity index (χ0n) is 23.4. The first-order chi connectivity index (χ1) is 19.6. The molecule has 0 unspecified atom stereocenters. The molecule has 7 heteroatoms. The molecule has 0 aliphatic carbocycles. The van der Waals surface area contributed by atoms with Crippen molar-refractivity contribution >= 4 is 23.0 Å². The van der Waals surface area contributed by atoms with E-state index in [9.17, 15) is 0 Å². The quantitative estimate of drug-likeness (QED) is 0.319. The van der Waals surface area contributed by atoms with Crippen LogP contribution in [-0.2, 0) is 0 Å². The molecule has 5 rings (SSSR count). The SMILES string of the molecule is COc1cccc(OC)c1C(c1c(OC)cccc1OC)=c1c(OC)cc(=C2C=Nc3ccccc32)cc1OC. The predicted molar refractivity (Wildman–Crippen MR) is 157 cm³/mol. The zero-order valence-corrected chi connectivity index (χ0v) is 23.4. The van der Waals surface area contributed by atoms with E-state index in [0.717, 1.165) is 22.0 Å². The summed E-state index contributed by atoms with van der Waals surface area (Å²) in [5.41, 5.74) is 5.03. The van der Waals surface area contributed by atoms with Gasteiger partial charge in [-0.05, 0) is 47.7 Å². The van der Waals surface area contributed by atoms with Gasteiger partial charge in [0.25, 0.3) is 0 Å². The van der Waals surface area contributed by atoms with Gasteiger partial charge in [0, 0.05) is 22.9 Å². The van der Waals surface area contributed by atoms with Crippen LogP contribution >= 0.6 is 0 Å². The monoisotopic (exact) mass is 537 g/mol. The summed E-state index contributed by atoms with van der Waals surface area (Å²) >= 11 is 0. The van der Waals surface area contributed by atoms with E-state index in [1.807, 2.05) is 72.9 Å². The molecule has 0 aromatic heterocycles. The minimum absolute atomic E-state index is 0.579. The van der Waals surface area contributed by atoms with E-state index < -0.39 is 0 Å². The maximum absolute atomic E-state index is 6.07. The molecule has 7 nitrogen and oxygen atoms in total. The van der Waals surface area contributed by atoms with Gasteiger partial charge in [0.1, 0.15) is 34.5 Å². The number of para-hydroxylation sites is 1. The maximum Gasteiger partial charge on any atom is 0.131 e. The summed E-state index contributed by atoms with van der Waals surface area (Å²) in [7, 11) is 9.78. The van der Waals surface area contributed by atoms with Crippen molar-refractivity contribution < 1.29 is 28.4 Å². The number of hydrogen-bond acceptors (Lipinski definition) is 7. The first kappa shape index (κ1) is 26.7. The van der Waals surface area contributed by atoms with Crippen molar-refractivity contribution in [1.29, 1.82) is 0 Å². The second kappa shape index (κ2) is 11.5. The van der Waals surface area contributed by atoms with E-state index >= 15 is 0 Å². The minimum Gasteiger partial charge on any atom is -0.496 e. The Balaban J connectivity index is 2.03. The van der Waals surface area contributed by atoms with Crippen LogP contribution in [0.15, 0.2) is 77.8 Å². The Hall–Kier alpha value is -4.91. The number of ether oxygens (including phenoxy) is 6. The van der Waals surface area contributed by atoms with Crippen LogP contribution < -0.4 is 38.9 Å². The Bertz CT molecular complexity index is 1590. The number of nitrogens with zero attached hydrogens (tertiary/aromatic N) is 1. The van der Waals surface area contributed by atoms with Crippen molar-refractivity contribution in [3.8, 4) is 34.5 Å². The van der Waals surface area contributed by atoms with Crippen molar-refractivity contribution in [2.45, 2.75) is 0 Å². The molecule has 0 radical (unpaired) electrons. The van der Waals surface area contributed by atoms with Crippen LogP contribution in [0, 0.1) is 0 Å². The van der Waals surface area contributed by atoms with E-state index in [0.29, 0.717) is 56.4 Å². The largest absolute Gasteiger partial charge is 0.496 e. The van der Waals surface area contributed by atoms with Gasteiger partial charge in [-0.25, -0.2) is 0 Å². The van der Waals surface area contributed by atoms with Crippen LogP contribution in [-0.4, -0.2) is 48.9 Å². The summed E-state index contributed by atoms with van der Waals surface area (Å²) < 4.78 is 35.6. The number of hydrogen-bond donors (Lipinski definition) is 0. The fourth-order valence-electron chi connectivity index (χ4n) is 5.13. The van der Waals surface area contributed by atoms with E-state index in [1.54, 1.807) is 42.7 Å². The average Bonchev–Trinajstić information content (AvgIpc) is 3.45. The maximum atomic E-state index is 6.07. The molecular formula is C33H31NO6. The molecule has 0 saturated carbocycles. The Labute approximate surface area is 233 Å². The molecule has 4 aromatic rings. The lowest BCUT2D eigenvalue weighted by Crippen LogP contribution is -2.21. The highest BCUT2D eigenvalue weighted by Gasteiger charge is 2.27. The van der Waals surface area contributed by atoms with E-state index in [2.05, 4.69) is 11.1 Å². The fraction of sp³-hybridized carbons (Fsp3) is 0.182.